The van der Waals surface area contributed by atoms with Gasteiger partial charge >= 0.3 is 0 Å². The molecule has 0 amide bonds. The van der Waals surface area contributed by atoms with Gasteiger partial charge in [-0.1, -0.05) is 44.9 Å². The minimum Gasteiger partial charge on any atom is -0.295 e. The van der Waals surface area contributed by atoms with E-state index in [0.29, 0.717) is 12.0 Å². The van der Waals surface area contributed by atoms with E-state index in [0.717, 1.165) is 12.1 Å². The zero-order valence-electron chi connectivity index (χ0n) is 14.0. The zero-order chi connectivity index (χ0) is 15.4. The van der Waals surface area contributed by atoms with Gasteiger partial charge < -0.3 is 0 Å². The van der Waals surface area contributed by atoms with Crippen LogP contribution in [0.5, 0.6) is 0 Å². The molecule has 2 unspecified atom stereocenters. The maximum absolute atomic E-state index is 4.59. The van der Waals surface area contributed by atoms with E-state index < -0.39 is 0 Å². The molecule has 3 heteroatoms. The minimum absolute atomic E-state index is 0.534. The third kappa shape index (κ3) is 3.52. The second-order valence-electron chi connectivity index (χ2n) is 6.85. The average Bonchev–Trinajstić information content (AvgIpc) is 3.03. The van der Waals surface area contributed by atoms with Crippen molar-refractivity contribution in [2.45, 2.75) is 58.4 Å². The molecule has 1 aliphatic heterocycles. The Morgan fingerprint density at radius 3 is 3.09 bits per heavy atom. The summed E-state index contributed by atoms with van der Waals surface area (Å²) in [6.07, 6.45) is 14.5. The average molecular weight is 299 g/mol. The van der Waals surface area contributed by atoms with Crippen LogP contribution in [0.1, 0.15) is 69.8 Å². The molecule has 1 aliphatic carbocycles. The van der Waals surface area contributed by atoms with E-state index in [1.165, 1.54) is 56.5 Å². The molecule has 1 saturated heterocycles. The van der Waals surface area contributed by atoms with E-state index in [4.69, 9.17) is 0 Å². The van der Waals surface area contributed by atoms with E-state index in [-0.39, 0.29) is 0 Å². The highest BCUT2D eigenvalue weighted by atomic mass is 15.2. The number of hydrogen-bond acceptors (Lipinski definition) is 2. The number of unbranched alkanes of at least 4 members (excludes halogenated alkanes) is 1. The maximum atomic E-state index is 4.59. The van der Waals surface area contributed by atoms with Crippen LogP contribution >= 0.6 is 0 Å². The van der Waals surface area contributed by atoms with Crippen LogP contribution in [-0.2, 0) is 0 Å². The van der Waals surface area contributed by atoms with Crippen molar-refractivity contribution in [1.82, 2.24) is 15.1 Å². The molecule has 2 aliphatic rings. The predicted octanol–water partition coefficient (Wildman–Crippen LogP) is 4.72. The highest BCUT2D eigenvalue weighted by Gasteiger charge is 2.25. The summed E-state index contributed by atoms with van der Waals surface area (Å²) in [5.41, 5.74) is 3.69. The Labute approximate surface area is 134 Å². The molecule has 0 aromatic carbocycles. The van der Waals surface area contributed by atoms with E-state index in [1.54, 1.807) is 0 Å². The summed E-state index contributed by atoms with van der Waals surface area (Å²) < 4.78 is 0. The first-order valence-corrected chi connectivity index (χ1v) is 8.96. The normalized spacial score (nSPS) is 26.2. The van der Waals surface area contributed by atoms with E-state index >= 15 is 0 Å². The second-order valence-corrected chi connectivity index (χ2v) is 6.85. The van der Waals surface area contributed by atoms with Gasteiger partial charge in [0.2, 0.25) is 0 Å². The van der Waals surface area contributed by atoms with Crippen LogP contribution in [0.15, 0.2) is 24.3 Å². The van der Waals surface area contributed by atoms with E-state index in [1.807, 2.05) is 0 Å². The molecule has 0 saturated carbocycles. The number of H-pyrrole nitrogens is 1. The molecule has 120 valence electrons. The molecule has 2 heterocycles. The van der Waals surface area contributed by atoms with E-state index in [2.05, 4.69) is 53.2 Å². The number of aromatic nitrogens is 2. The van der Waals surface area contributed by atoms with Crippen LogP contribution in [0.2, 0.25) is 0 Å². The monoisotopic (exact) mass is 299 g/mol. The summed E-state index contributed by atoms with van der Waals surface area (Å²) in [6, 6.07) is 2.82. The molecule has 0 bridgehead atoms. The highest BCUT2D eigenvalue weighted by molar-refractivity contribution is 5.72. The molecular formula is C19H29N3. The van der Waals surface area contributed by atoms with Gasteiger partial charge in [-0.2, -0.15) is 5.10 Å². The number of nitrogens with one attached hydrogen (secondary N) is 1. The fourth-order valence-electron chi connectivity index (χ4n) is 3.64. The Bertz CT molecular complexity index is 541. The van der Waals surface area contributed by atoms with Crippen LogP contribution in [-0.4, -0.2) is 28.2 Å². The van der Waals surface area contributed by atoms with Crippen LogP contribution in [0.25, 0.3) is 5.57 Å². The summed E-state index contributed by atoms with van der Waals surface area (Å²) in [5.74, 6) is 0.621. The van der Waals surface area contributed by atoms with Gasteiger partial charge in [0, 0.05) is 0 Å². The molecule has 2 atom stereocenters. The number of rotatable bonds is 5. The smallest absolute Gasteiger partial charge is 0.0920 e. The first-order chi connectivity index (χ1) is 10.8. The van der Waals surface area contributed by atoms with Gasteiger partial charge in [0.25, 0.3) is 0 Å². The summed E-state index contributed by atoms with van der Waals surface area (Å²) in [7, 11) is 0. The number of nitrogens with zero attached hydrogens (tertiary/aromatic N) is 2. The highest BCUT2D eigenvalue weighted by Crippen LogP contribution is 2.32. The molecule has 3 rings (SSSR count). The molecule has 22 heavy (non-hydrogen) atoms. The lowest BCUT2D eigenvalue weighted by atomic mass is 9.95. The molecule has 1 aromatic rings. The molecule has 0 radical (unpaired) electrons. The zero-order valence-corrected chi connectivity index (χ0v) is 14.0. The molecule has 0 spiro atoms. The Morgan fingerprint density at radius 2 is 2.27 bits per heavy atom. The van der Waals surface area contributed by atoms with Crippen molar-refractivity contribution < 1.29 is 0 Å². The number of piperidine rings is 1. The first-order valence-electron chi connectivity index (χ1n) is 8.96. The van der Waals surface area contributed by atoms with Gasteiger partial charge in [0.1, 0.15) is 0 Å². The van der Waals surface area contributed by atoms with Crippen LogP contribution in [0, 0.1) is 5.92 Å². The maximum Gasteiger partial charge on any atom is 0.0920 e. The van der Waals surface area contributed by atoms with Crippen molar-refractivity contribution in [3.63, 3.8) is 0 Å². The standard InChI is InChI=1S/C19H29N3/c1-3-4-11-22-12-6-5-10-19(22)18-14-17(20-21-18)16-9-7-8-15(2)13-16/h7,9,13-15,19H,3-6,8,10-12H2,1-2H3,(H,20,21). The van der Waals surface area contributed by atoms with Gasteiger partial charge in [-0.05, 0) is 56.3 Å². The van der Waals surface area contributed by atoms with Crippen LogP contribution < -0.4 is 0 Å². The molecule has 1 aromatic heterocycles. The third-order valence-corrected chi connectivity index (χ3v) is 4.93. The molecule has 3 nitrogen and oxygen atoms in total. The lowest BCUT2D eigenvalue weighted by Crippen LogP contribution is -2.34. The van der Waals surface area contributed by atoms with E-state index in [9.17, 15) is 0 Å². The SMILES string of the molecule is CCCCN1CCCCC1c1cc(C2=CC(C)CC=C2)n[nH]1. The minimum atomic E-state index is 0.534. The van der Waals surface area contributed by atoms with Crippen molar-refractivity contribution in [1.29, 1.82) is 0 Å². The Kier molecular flexibility index (Phi) is 5.14. The fourth-order valence-corrected chi connectivity index (χ4v) is 3.64. The van der Waals surface area contributed by atoms with Gasteiger partial charge in [-0.25, -0.2) is 0 Å². The first kappa shape index (κ1) is 15.5. The summed E-state index contributed by atoms with van der Waals surface area (Å²) >= 11 is 0. The number of allylic oxidation sites excluding steroid dienone is 4. The summed E-state index contributed by atoms with van der Waals surface area (Å²) in [4.78, 5) is 2.65. The number of aromatic amines is 1. The van der Waals surface area contributed by atoms with Crippen molar-refractivity contribution in [2.24, 2.45) is 5.92 Å². The summed E-state index contributed by atoms with van der Waals surface area (Å²) in [5, 5.41) is 7.92. The van der Waals surface area contributed by atoms with Crippen molar-refractivity contribution in [2.75, 3.05) is 13.1 Å². The quantitative estimate of drug-likeness (QED) is 0.853. The van der Waals surface area contributed by atoms with Crippen molar-refractivity contribution in [3.05, 3.63) is 35.7 Å². The van der Waals surface area contributed by atoms with Crippen molar-refractivity contribution in [3.8, 4) is 0 Å². The van der Waals surface area contributed by atoms with Gasteiger partial charge in [-0.15, -0.1) is 0 Å². The Hall–Kier alpha value is -1.35. The fraction of sp³-hybridized carbons (Fsp3) is 0.632. The predicted molar refractivity (Wildman–Crippen MR) is 92.6 cm³/mol. The van der Waals surface area contributed by atoms with Crippen LogP contribution in [0.3, 0.4) is 0 Å². The molecule has 1 fully saturated rings. The number of likely N-dealkylation sites (tertiary alicyclic amines) is 1. The summed E-state index contributed by atoms with van der Waals surface area (Å²) in [6.45, 7) is 6.99. The number of hydrogen-bond donors (Lipinski definition) is 1. The molecular weight excluding hydrogens is 270 g/mol. The lowest BCUT2D eigenvalue weighted by Gasteiger charge is -2.34. The van der Waals surface area contributed by atoms with Crippen molar-refractivity contribution >= 4 is 5.57 Å². The van der Waals surface area contributed by atoms with Gasteiger partial charge in [0.05, 0.1) is 17.4 Å². The third-order valence-electron chi connectivity index (χ3n) is 4.93. The Balaban J connectivity index is 1.75. The largest absolute Gasteiger partial charge is 0.295 e. The van der Waals surface area contributed by atoms with Gasteiger partial charge in [-0.3, -0.25) is 10.00 Å². The van der Waals surface area contributed by atoms with Crippen LogP contribution in [0.4, 0.5) is 0 Å². The topological polar surface area (TPSA) is 31.9 Å². The van der Waals surface area contributed by atoms with Gasteiger partial charge in [0.15, 0.2) is 0 Å². The Morgan fingerprint density at radius 1 is 1.36 bits per heavy atom. The second kappa shape index (κ2) is 7.28. The lowest BCUT2D eigenvalue weighted by molar-refractivity contribution is 0.143. The molecule has 1 N–H and O–H groups in total.